The second kappa shape index (κ2) is 5.20. The van der Waals surface area contributed by atoms with Gasteiger partial charge in [-0.3, -0.25) is 0 Å². The van der Waals surface area contributed by atoms with Crippen LogP contribution in [-0.4, -0.2) is 5.96 Å². The van der Waals surface area contributed by atoms with Gasteiger partial charge in [-0.1, -0.05) is 18.2 Å². The van der Waals surface area contributed by atoms with Gasteiger partial charge in [0.2, 0.25) is 0 Å². The number of benzene rings is 1. The van der Waals surface area contributed by atoms with Crippen LogP contribution in [0, 0.1) is 6.92 Å². The van der Waals surface area contributed by atoms with Crippen molar-refractivity contribution in [2.45, 2.75) is 13.5 Å². The lowest BCUT2D eigenvalue weighted by atomic mass is 10.1. The highest BCUT2D eigenvalue weighted by molar-refractivity contribution is 14.0. The van der Waals surface area contributed by atoms with E-state index in [9.17, 15) is 0 Å². The first-order valence-electron chi connectivity index (χ1n) is 4.71. The van der Waals surface area contributed by atoms with Gasteiger partial charge in [-0.25, -0.2) is 4.99 Å². The van der Waals surface area contributed by atoms with E-state index in [1.54, 1.807) is 0 Å². The van der Waals surface area contributed by atoms with Crippen molar-refractivity contribution in [1.29, 1.82) is 0 Å². The summed E-state index contributed by atoms with van der Waals surface area (Å²) in [6.07, 6.45) is 0. The van der Waals surface area contributed by atoms with Crippen molar-refractivity contribution in [3.05, 3.63) is 35.6 Å². The van der Waals surface area contributed by atoms with Gasteiger partial charge < -0.3 is 15.9 Å². The molecule has 0 bridgehead atoms. The molecule has 0 unspecified atom stereocenters. The SMILES string of the molecule is Cc1c(CN=C(N)N)oc2ccccc12.I. The quantitative estimate of drug-likeness (QED) is 0.503. The summed E-state index contributed by atoms with van der Waals surface area (Å²) in [4.78, 5) is 3.93. The van der Waals surface area contributed by atoms with E-state index in [0.717, 1.165) is 22.3 Å². The highest BCUT2D eigenvalue weighted by atomic mass is 127. The number of nitrogens with zero attached hydrogens (tertiary/aromatic N) is 1. The highest BCUT2D eigenvalue weighted by Crippen LogP contribution is 2.25. The van der Waals surface area contributed by atoms with Crippen LogP contribution in [0.25, 0.3) is 11.0 Å². The Hall–Kier alpha value is -1.24. The van der Waals surface area contributed by atoms with Crippen molar-refractivity contribution in [3.63, 3.8) is 0 Å². The number of nitrogens with two attached hydrogens (primary N) is 2. The van der Waals surface area contributed by atoms with E-state index in [0.29, 0.717) is 6.54 Å². The van der Waals surface area contributed by atoms with Gasteiger partial charge in [0.25, 0.3) is 0 Å². The molecule has 2 aromatic rings. The summed E-state index contributed by atoms with van der Waals surface area (Å²) in [5.41, 5.74) is 12.5. The fourth-order valence-corrected chi connectivity index (χ4v) is 1.54. The predicted octanol–water partition coefficient (Wildman–Crippen LogP) is 2.13. The normalized spacial score (nSPS) is 9.81. The smallest absolute Gasteiger partial charge is 0.186 e. The molecule has 0 atom stereocenters. The van der Waals surface area contributed by atoms with Crippen LogP contribution in [0.3, 0.4) is 0 Å². The zero-order valence-corrected chi connectivity index (χ0v) is 11.3. The summed E-state index contributed by atoms with van der Waals surface area (Å²) in [6, 6.07) is 7.87. The zero-order valence-electron chi connectivity index (χ0n) is 8.93. The second-order valence-corrected chi connectivity index (χ2v) is 3.39. The molecule has 4 N–H and O–H groups in total. The molecule has 0 spiro atoms. The van der Waals surface area contributed by atoms with Gasteiger partial charge in [-0.05, 0) is 13.0 Å². The van der Waals surface area contributed by atoms with Crippen LogP contribution in [0.15, 0.2) is 33.7 Å². The lowest BCUT2D eigenvalue weighted by Gasteiger charge is -1.93. The Kier molecular flexibility index (Phi) is 4.17. The molecule has 0 saturated carbocycles. The molecule has 0 fully saturated rings. The van der Waals surface area contributed by atoms with E-state index in [1.165, 1.54) is 0 Å². The average Bonchev–Trinajstić information content (AvgIpc) is 2.54. The molecular formula is C11H14IN3O. The van der Waals surface area contributed by atoms with Crippen LogP contribution in [0.2, 0.25) is 0 Å². The number of guanidine groups is 1. The van der Waals surface area contributed by atoms with E-state index < -0.39 is 0 Å². The Morgan fingerprint density at radius 3 is 2.62 bits per heavy atom. The van der Waals surface area contributed by atoms with Crippen LogP contribution in [0.1, 0.15) is 11.3 Å². The minimum absolute atomic E-state index is 0. The van der Waals surface area contributed by atoms with Crippen molar-refractivity contribution in [2.24, 2.45) is 16.5 Å². The van der Waals surface area contributed by atoms with Gasteiger partial charge in [-0.15, -0.1) is 24.0 Å². The van der Waals surface area contributed by atoms with Gasteiger partial charge in [0, 0.05) is 10.9 Å². The van der Waals surface area contributed by atoms with Crippen molar-refractivity contribution >= 4 is 40.9 Å². The maximum Gasteiger partial charge on any atom is 0.186 e. The number of para-hydroxylation sites is 1. The Labute approximate surface area is 111 Å². The molecule has 5 heteroatoms. The van der Waals surface area contributed by atoms with E-state index in [4.69, 9.17) is 15.9 Å². The first-order chi connectivity index (χ1) is 7.18. The Balaban J connectivity index is 0.00000128. The standard InChI is InChI=1S/C11H13N3O.HI/c1-7-8-4-2-3-5-9(8)15-10(7)6-14-11(12)13;/h2-5H,6H2,1H3,(H4,12,13,14);1H. The number of hydrogen-bond acceptors (Lipinski definition) is 2. The molecule has 0 aliphatic rings. The van der Waals surface area contributed by atoms with Crippen molar-refractivity contribution < 1.29 is 4.42 Å². The van der Waals surface area contributed by atoms with Gasteiger partial charge >= 0.3 is 0 Å². The molecule has 86 valence electrons. The van der Waals surface area contributed by atoms with Crippen molar-refractivity contribution in [1.82, 2.24) is 0 Å². The van der Waals surface area contributed by atoms with E-state index in [2.05, 4.69) is 4.99 Å². The predicted molar refractivity (Wildman–Crippen MR) is 75.9 cm³/mol. The number of rotatable bonds is 2. The first kappa shape index (κ1) is 12.8. The summed E-state index contributed by atoms with van der Waals surface area (Å²) in [7, 11) is 0. The van der Waals surface area contributed by atoms with Crippen LogP contribution in [0.5, 0.6) is 0 Å². The first-order valence-corrected chi connectivity index (χ1v) is 4.71. The number of fused-ring (bicyclic) bond motifs is 1. The summed E-state index contributed by atoms with van der Waals surface area (Å²) in [5, 5.41) is 1.11. The third-order valence-electron chi connectivity index (χ3n) is 2.35. The van der Waals surface area contributed by atoms with Crippen LogP contribution in [-0.2, 0) is 6.54 Å². The third kappa shape index (κ3) is 2.46. The minimum atomic E-state index is 0. The monoisotopic (exact) mass is 331 g/mol. The number of halogens is 1. The summed E-state index contributed by atoms with van der Waals surface area (Å²) in [6.45, 7) is 2.40. The fraction of sp³-hybridized carbons (Fsp3) is 0.182. The third-order valence-corrected chi connectivity index (χ3v) is 2.35. The Bertz CT molecular complexity index is 515. The summed E-state index contributed by atoms with van der Waals surface area (Å²) < 4.78 is 5.63. The molecule has 0 aliphatic carbocycles. The highest BCUT2D eigenvalue weighted by Gasteiger charge is 2.08. The lowest BCUT2D eigenvalue weighted by molar-refractivity contribution is 0.549. The number of furan rings is 1. The van der Waals surface area contributed by atoms with Gasteiger partial charge in [0.1, 0.15) is 17.9 Å². The molecule has 0 saturated heterocycles. The van der Waals surface area contributed by atoms with Crippen LogP contribution in [0.4, 0.5) is 0 Å². The molecule has 0 aliphatic heterocycles. The largest absolute Gasteiger partial charge is 0.459 e. The van der Waals surface area contributed by atoms with E-state index in [1.807, 2.05) is 31.2 Å². The topological polar surface area (TPSA) is 77.5 Å². The summed E-state index contributed by atoms with van der Waals surface area (Å²) >= 11 is 0. The van der Waals surface area contributed by atoms with Crippen molar-refractivity contribution in [2.75, 3.05) is 0 Å². The maximum absolute atomic E-state index is 5.63. The van der Waals surface area contributed by atoms with Gasteiger partial charge in [0.05, 0.1) is 0 Å². The zero-order chi connectivity index (χ0) is 10.8. The molecule has 0 radical (unpaired) electrons. The number of aryl methyl sites for hydroxylation is 1. The molecule has 4 nitrogen and oxygen atoms in total. The number of aliphatic imine (C=N–C) groups is 1. The molecule has 16 heavy (non-hydrogen) atoms. The molecule has 2 rings (SSSR count). The lowest BCUT2D eigenvalue weighted by Crippen LogP contribution is -2.22. The number of hydrogen-bond donors (Lipinski definition) is 2. The fourth-order valence-electron chi connectivity index (χ4n) is 1.54. The Morgan fingerprint density at radius 1 is 1.31 bits per heavy atom. The van der Waals surface area contributed by atoms with Crippen molar-refractivity contribution in [3.8, 4) is 0 Å². The van der Waals surface area contributed by atoms with E-state index in [-0.39, 0.29) is 29.9 Å². The molecule has 1 aromatic carbocycles. The minimum Gasteiger partial charge on any atom is -0.459 e. The molecular weight excluding hydrogens is 317 g/mol. The Morgan fingerprint density at radius 2 is 2.00 bits per heavy atom. The maximum atomic E-state index is 5.63. The second-order valence-electron chi connectivity index (χ2n) is 3.39. The van der Waals surface area contributed by atoms with Gasteiger partial charge in [-0.2, -0.15) is 0 Å². The van der Waals surface area contributed by atoms with E-state index >= 15 is 0 Å². The molecule has 0 amide bonds. The van der Waals surface area contributed by atoms with Gasteiger partial charge in [0.15, 0.2) is 5.96 Å². The average molecular weight is 331 g/mol. The molecule has 1 aromatic heterocycles. The van der Waals surface area contributed by atoms with Crippen LogP contribution < -0.4 is 11.5 Å². The molecule has 1 heterocycles. The van der Waals surface area contributed by atoms with Crippen LogP contribution >= 0.6 is 24.0 Å². The summed E-state index contributed by atoms with van der Waals surface area (Å²) in [5.74, 6) is 0.888.